The molecule has 0 spiro atoms. The summed E-state index contributed by atoms with van der Waals surface area (Å²) in [6.45, 7) is 0. The number of rotatable bonds is 0. The Morgan fingerprint density at radius 3 is 1.71 bits per heavy atom. The Balaban J connectivity index is 2.16. The van der Waals surface area contributed by atoms with Crippen molar-refractivity contribution in [2.75, 3.05) is 0 Å². The summed E-state index contributed by atoms with van der Waals surface area (Å²) in [6, 6.07) is 0. The SMILES string of the molecule is [CH]1CC/C=C\CCCC/C=C\CCC1. The Morgan fingerprint density at radius 2 is 1.00 bits per heavy atom. The molecule has 0 heterocycles. The quantitative estimate of drug-likeness (QED) is 0.481. The second-order valence-corrected chi connectivity index (χ2v) is 4.02. The fourth-order valence-electron chi connectivity index (χ4n) is 1.73. The molecule has 1 aliphatic rings. The van der Waals surface area contributed by atoms with E-state index in [1.807, 2.05) is 0 Å². The van der Waals surface area contributed by atoms with Crippen molar-refractivity contribution in [2.45, 2.75) is 57.8 Å². The zero-order chi connectivity index (χ0) is 9.90. The Labute approximate surface area is 89.1 Å². The molecule has 0 saturated heterocycles. The molecule has 0 heteroatoms. The second kappa shape index (κ2) is 9.05. The van der Waals surface area contributed by atoms with Gasteiger partial charge >= 0.3 is 0 Å². The van der Waals surface area contributed by atoms with Crippen LogP contribution >= 0.6 is 0 Å². The minimum Gasteiger partial charge on any atom is -0.0885 e. The number of hydrogen-bond acceptors (Lipinski definition) is 0. The zero-order valence-corrected chi connectivity index (χ0v) is 9.25. The predicted octanol–water partition coefficient (Wildman–Crippen LogP) is 4.83. The van der Waals surface area contributed by atoms with Gasteiger partial charge in [0.25, 0.3) is 0 Å². The van der Waals surface area contributed by atoms with Crippen molar-refractivity contribution in [3.63, 3.8) is 0 Å². The van der Waals surface area contributed by atoms with E-state index in [1.54, 1.807) is 0 Å². The molecular weight excluding hydrogens is 168 g/mol. The molecule has 0 aromatic carbocycles. The maximum Gasteiger partial charge on any atom is -0.0348 e. The van der Waals surface area contributed by atoms with Gasteiger partial charge < -0.3 is 0 Å². The monoisotopic (exact) mass is 191 g/mol. The van der Waals surface area contributed by atoms with Gasteiger partial charge in [-0.25, -0.2) is 0 Å². The van der Waals surface area contributed by atoms with E-state index in [2.05, 4.69) is 30.7 Å². The van der Waals surface area contributed by atoms with Gasteiger partial charge in [0.1, 0.15) is 0 Å². The molecule has 14 heavy (non-hydrogen) atoms. The molecule has 0 N–H and O–H groups in total. The lowest BCUT2D eigenvalue weighted by Gasteiger charge is -1.98. The van der Waals surface area contributed by atoms with Crippen molar-refractivity contribution < 1.29 is 0 Å². The molecule has 0 nitrogen and oxygen atoms in total. The summed E-state index contributed by atoms with van der Waals surface area (Å²) in [5.74, 6) is 0. The maximum absolute atomic E-state index is 2.43. The van der Waals surface area contributed by atoms with Gasteiger partial charge in [-0.2, -0.15) is 0 Å². The number of hydrogen-bond donors (Lipinski definition) is 0. The van der Waals surface area contributed by atoms with E-state index in [4.69, 9.17) is 0 Å². The third-order valence-corrected chi connectivity index (χ3v) is 2.64. The highest BCUT2D eigenvalue weighted by atomic mass is 14.0. The Bertz CT molecular complexity index is 145. The van der Waals surface area contributed by atoms with Crippen LogP contribution in [0.1, 0.15) is 57.8 Å². The molecule has 0 aromatic rings. The molecule has 0 saturated carbocycles. The summed E-state index contributed by atoms with van der Waals surface area (Å²) < 4.78 is 0. The molecule has 0 aromatic heterocycles. The van der Waals surface area contributed by atoms with Gasteiger partial charge in [0.05, 0.1) is 0 Å². The van der Waals surface area contributed by atoms with E-state index in [-0.39, 0.29) is 0 Å². The first-order valence-electron chi connectivity index (χ1n) is 6.12. The predicted molar refractivity (Wildman–Crippen MR) is 64.1 cm³/mol. The van der Waals surface area contributed by atoms with E-state index >= 15 is 0 Å². The molecule has 0 atom stereocenters. The van der Waals surface area contributed by atoms with Gasteiger partial charge in [-0.1, -0.05) is 24.3 Å². The summed E-state index contributed by atoms with van der Waals surface area (Å²) in [5, 5.41) is 0. The first-order chi connectivity index (χ1) is 7.00. The molecule has 1 rings (SSSR count). The fraction of sp³-hybridized carbons (Fsp3) is 0.643. The van der Waals surface area contributed by atoms with Crippen LogP contribution in [-0.4, -0.2) is 0 Å². The first-order valence-corrected chi connectivity index (χ1v) is 6.12. The van der Waals surface area contributed by atoms with Gasteiger partial charge in [0.2, 0.25) is 0 Å². The molecule has 79 valence electrons. The van der Waals surface area contributed by atoms with Gasteiger partial charge in [-0.3, -0.25) is 0 Å². The van der Waals surface area contributed by atoms with E-state index in [1.165, 1.54) is 57.8 Å². The minimum atomic E-state index is 1.25. The Hall–Kier alpha value is -0.520. The molecular formula is C14H23. The highest BCUT2D eigenvalue weighted by Crippen LogP contribution is 2.08. The molecule has 1 radical (unpaired) electrons. The smallest absolute Gasteiger partial charge is 0.0348 e. The summed E-state index contributed by atoms with van der Waals surface area (Å²) in [6.07, 6.45) is 23.5. The van der Waals surface area contributed by atoms with Gasteiger partial charge in [0.15, 0.2) is 0 Å². The van der Waals surface area contributed by atoms with Crippen LogP contribution < -0.4 is 0 Å². The lowest BCUT2D eigenvalue weighted by molar-refractivity contribution is 0.743. The summed E-state index contributed by atoms with van der Waals surface area (Å²) in [7, 11) is 0. The van der Waals surface area contributed by atoms with Crippen molar-refractivity contribution >= 4 is 0 Å². The van der Waals surface area contributed by atoms with E-state index in [9.17, 15) is 0 Å². The minimum absolute atomic E-state index is 1.25. The van der Waals surface area contributed by atoms with Crippen molar-refractivity contribution in [1.29, 1.82) is 0 Å². The third kappa shape index (κ3) is 6.94. The Morgan fingerprint density at radius 1 is 0.429 bits per heavy atom. The van der Waals surface area contributed by atoms with Crippen LogP contribution in [0.5, 0.6) is 0 Å². The normalized spacial score (nSPS) is 26.3. The first kappa shape index (κ1) is 11.6. The third-order valence-electron chi connectivity index (χ3n) is 2.64. The van der Waals surface area contributed by atoms with Crippen LogP contribution in [0.2, 0.25) is 0 Å². The average molecular weight is 191 g/mol. The van der Waals surface area contributed by atoms with Gasteiger partial charge in [0, 0.05) is 0 Å². The van der Waals surface area contributed by atoms with Crippen LogP contribution in [0.4, 0.5) is 0 Å². The molecule has 0 bridgehead atoms. The average Bonchev–Trinajstić information content (AvgIpc) is 2.22. The largest absolute Gasteiger partial charge is 0.0885 e. The van der Waals surface area contributed by atoms with Crippen LogP contribution in [0.15, 0.2) is 24.3 Å². The van der Waals surface area contributed by atoms with E-state index in [0.717, 1.165) is 0 Å². The lowest BCUT2D eigenvalue weighted by Crippen LogP contribution is -1.80. The Kier molecular flexibility index (Phi) is 7.47. The summed E-state index contributed by atoms with van der Waals surface area (Å²) >= 11 is 0. The van der Waals surface area contributed by atoms with Gasteiger partial charge in [-0.15, -0.1) is 0 Å². The summed E-state index contributed by atoms with van der Waals surface area (Å²) in [5.41, 5.74) is 0. The van der Waals surface area contributed by atoms with Crippen molar-refractivity contribution in [3.05, 3.63) is 30.7 Å². The van der Waals surface area contributed by atoms with Crippen LogP contribution in [0, 0.1) is 6.42 Å². The van der Waals surface area contributed by atoms with Crippen molar-refractivity contribution in [2.24, 2.45) is 0 Å². The highest BCUT2D eigenvalue weighted by Gasteiger charge is 1.89. The van der Waals surface area contributed by atoms with E-state index < -0.39 is 0 Å². The zero-order valence-electron chi connectivity index (χ0n) is 9.25. The van der Waals surface area contributed by atoms with Crippen LogP contribution in [-0.2, 0) is 0 Å². The molecule has 0 amide bonds. The molecule has 0 fully saturated rings. The van der Waals surface area contributed by atoms with Gasteiger partial charge in [-0.05, 0) is 64.2 Å². The topological polar surface area (TPSA) is 0 Å². The molecule has 1 aliphatic carbocycles. The highest BCUT2D eigenvalue weighted by molar-refractivity contribution is 4.86. The van der Waals surface area contributed by atoms with Crippen LogP contribution in [0.3, 0.4) is 0 Å². The number of allylic oxidation sites excluding steroid dienone is 4. The second-order valence-electron chi connectivity index (χ2n) is 4.02. The van der Waals surface area contributed by atoms with Crippen molar-refractivity contribution in [3.8, 4) is 0 Å². The standard InChI is InChI=1S/C14H23/c1-2-4-6-8-10-12-14-13-11-9-7-5-3-1/h1-2,7,12,14H,3-6,8-11,13H2/b2-1-,14-12-. The fourth-order valence-corrected chi connectivity index (χ4v) is 1.73. The molecule has 0 aliphatic heterocycles. The van der Waals surface area contributed by atoms with E-state index in [0.29, 0.717) is 0 Å². The lowest BCUT2D eigenvalue weighted by atomic mass is 10.1. The summed E-state index contributed by atoms with van der Waals surface area (Å²) in [4.78, 5) is 0. The maximum atomic E-state index is 2.43. The molecule has 0 unspecified atom stereocenters. The van der Waals surface area contributed by atoms with Crippen molar-refractivity contribution in [1.82, 2.24) is 0 Å². The van der Waals surface area contributed by atoms with Crippen LogP contribution in [0.25, 0.3) is 0 Å².